The average Bonchev–Trinajstić information content (AvgIpc) is 3.51. The van der Waals surface area contributed by atoms with Crippen molar-refractivity contribution in [1.82, 2.24) is 24.0 Å². The van der Waals surface area contributed by atoms with Gasteiger partial charge in [0.25, 0.3) is 0 Å². The van der Waals surface area contributed by atoms with Crippen LogP contribution in [0.1, 0.15) is 66.8 Å². The largest absolute Gasteiger partial charge is 0.444 e. The topological polar surface area (TPSA) is 99.3 Å². The summed E-state index contributed by atoms with van der Waals surface area (Å²) in [6.07, 6.45) is 7.57. The number of nitrogens with zero attached hydrogens (tertiary/aromatic N) is 5. The van der Waals surface area contributed by atoms with Crippen molar-refractivity contribution in [3.8, 4) is 0 Å². The third-order valence-corrected chi connectivity index (χ3v) is 7.27. The first-order chi connectivity index (χ1) is 18.3. The number of likely N-dealkylation sites (tertiary alicyclic amines) is 1. The van der Waals surface area contributed by atoms with Gasteiger partial charge in [-0.2, -0.15) is 0 Å². The molecule has 5 rings (SSSR count). The molecule has 4 aromatic rings. The number of amides is 1. The number of hydrogen-bond donors (Lipinski definition) is 0. The molecule has 1 aliphatic heterocycles. The minimum absolute atomic E-state index is 0.0920. The predicted molar refractivity (Wildman–Crippen MR) is 144 cm³/mol. The van der Waals surface area contributed by atoms with Crippen LogP contribution >= 0.6 is 0 Å². The van der Waals surface area contributed by atoms with E-state index in [4.69, 9.17) is 4.74 Å². The van der Waals surface area contributed by atoms with Gasteiger partial charge in [0.15, 0.2) is 0 Å². The summed E-state index contributed by atoms with van der Waals surface area (Å²) in [5, 5.41) is 0. The molecule has 1 amide bonds. The van der Waals surface area contributed by atoms with Gasteiger partial charge in [-0.05, 0) is 82.3 Å². The van der Waals surface area contributed by atoms with Gasteiger partial charge in [-0.3, -0.25) is 9.59 Å². The van der Waals surface area contributed by atoms with E-state index < -0.39 is 5.60 Å². The maximum absolute atomic E-state index is 12.6. The lowest BCUT2D eigenvalue weighted by molar-refractivity contribution is 0.0160. The van der Waals surface area contributed by atoms with Crippen LogP contribution in [0.4, 0.5) is 4.79 Å². The predicted octanol–water partition coefficient (Wildman–Crippen LogP) is 5.29. The standard InChI is InChI=1S/C29H33N5O4/c1-29(2,3)38-28(37)32-11-8-22(9-12-32)25(34-19-31-24-7-5-21(17-36)15-27(24)34)10-13-33-18-30-23-6-4-20(16-35)14-26(23)33/h4-7,14-19,22,25H,8-13H2,1-3H3. The van der Waals surface area contributed by atoms with Crippen molar-refractivity contribution in [2.75, 3.05) is 13.1 Å². The third kappa shape index (κ3) is 5.32. The molecule has 0 radical (unpaired) electrons. The van der Waals surface area contributed by atoms with E-state index in [1.54, 1.807) is 17.0 Å². The lowest BCUT2D eigenvalue weighted by Gasteiger charge is -2.37. The molecule has 1 fully saturated rings. The van der Waals surface area contributed by atoms with Gasteiger partial charge in [0.05, 0.1) is 34.7 Å². The van der Waals surface area contributed by atoms with Crippen molar-refractivity contribution >= 4 is 40.7 Å². The van der Waals surface area contributed by atoms with Crippen LogP contribution in [0.25, 0.3) is 22.1 Å². The quantitative estimate of drug-likeness (QED) is 0.310. The first-order valence-corrected chi connectivity index (χ1v) is 13.1. The normalized spacial score (nSPS) is 15.6. The molecule has 0 N–H and O–H groups in total. The second-order valence-electron chi connectivity index (χ2n) is 11.0. The summed E-state index contributed by atoms with van der Waals surface area (Å²) in [7, 11) is 0. The first-order valence-electron chi connectivity index (χ1n) is 13.1. The van der Waals surface area contributed by atoms with E-state index in [0.717, 1.165) is 53.9 Å². The highest BCUT2D eigenvalue weighted by Crippen LogP contribution is 2.35. The van der Waals surface area contributed by atoms with Gasteiger partial charge < -0.3 is 18.8 Å². The van der Waals surface area contributed by atoms with Crippen LogP contribution in [-0.4, -0.2) is 61.4 Å². The number of imidazole rings is 2. The van der Waals surface area contributed by atoms with E-state index in [-0.39, 0.29) is 12.1 Å². The molecule has 1 aliphatic rings. The molecule has 0 spiro atoms. The second kappa shape index (κ2) is 10.4. The number of piperidine rings is 1. The summed E-state index contributed by atoms with van der Waals surface area (Å²) in [4.78, 5) is 46.4. The van der Waals surface area contributed by atoms with Gasteiger partial charge >= 0.3 is 6.09 Å². The molecule has 2 aromatic carbocycles. The Morgan fingerprint density at radius 3 is 2.21 bits per heavy atom. The fraction of sp³-hybridized carbons (Fsp3) is 0.414. The van der Waals surface area contributed by atoms with Crippen LogP contribution < -0.4 is 0 Å². The van der Waals surface area contributed by atoms with E-state index >= 15 is 0 Å². The molecule has 3 heterocycles. The molecule has 9 heteroatoms. The third-order valence-electron chi connectivity index (χ3n) is 7.27. The van der Waals surface area contributed by atoms with Crippen molar-refractivity contribution in [2.45, 2.75) is 58.2 Å². The first kappa shape index (κ1) is 25.6. The van der Waals surface area contributed by atoms with E-state index in [1.165, 1.54) is 0 Å². The summed E-state index contributed by atoms with van der Waals surface area (Å²) in [6, 6.07) is 11.1. The minimum Gasteiger partial charge on any atom is -0.444 e. The number of aromatic nitrogens is 4. The summed E-state index contributed by atoms with van der Waals surface area (Å²) in [6.45, 7) is 7.58. The zero-order chi connectivity index (χ0) is 26.9. The molecular weight excluding hydrogens is 482 g/mol. The van der Waals surface area contributed by atoms with Crippen LogP contribution in [0.3, 0.4) is 0 Å². The zero-order valence-corrected chi connectivity index (χ0v) is 22.0. The van der Waals surface area contributed by atoms with Gasteiger partial charge in [-0.1, -0.05) is 0 Å². The fourth-order valence-corrected chi connectivity index (χ4v) is 5.37. The molecule has 1 unspecified atom stereocenters. The molecule has 9 nitrogen and oxygen atoms in total. The van der Waals surface area contributed by atoms with Crippen molar-refractivity contribution in [3.05, 3.63) is 60.2 Å². The monoisotopic (exact) mass is 515 g/mol. The molecule has 38 heavy (non-hydrogen) atoms. The Labute approximate surface area is 221 Å². The van der Waals surface area contributed by atoms with Gasteiger partial charge in [0.1, 0.15) is 18.2 Å². The lowest BCUT2D eigenvalue weighted by Crippen LogP contribution is -2.43. The number of aldehydes is 2. The van der Waals surface area contributed by atoms with Crippen LogP contribution in [0.2, 0.25) is 0 Å². The summed E-state index contributed by atoms with van der Waals surface area (Å²) >= 11 is 0. The molecular formula is C29H33N5O4. The van der Waals surface area contributed by atoms with Crippen LogP contribution in [0, 0.1) is 5.92 Å². The summed E-state index contributed by atoms with van der Waals surface area (Å²) in [5.74, 6) is 0.297. The maximum atomic E-state index is 12.6. The number of benzene rings is 2. The fourth-order valence-electron chi connectivity index (χ4n) is 5.37. The minimum atomic E-state index is -0.528. The highest BCUT2D eigenvalue weighted by molar-refractivity contribution is 5.85. The van der Waals surface area contributed by atoms with E-state index in [0.29, 0.717) is 36.7 Å². The molecule has 0 aliphatic carbocycles. The summed E-state index contributed by atoms with van der Waals surface area (Å²) in [5.41, 5.74) is 4.24. The number of rotatable bonds is 7. The van der Waals surface area contributed by atoms with E-state index in [1.807, 2.05) is 57.7 Å². The smallest absolute Gasteiger partial charge is 0.410 e. The SMILES string of the molecule is CC(C)(C)OC(=O)N1CCC(C(CCn2cnc3ccc(C=O)cc32)n2cnc3ccc(C=O)cc32)CC1. The Bertz CT molecular complexity index is 1470. The van der Waals surface area contributed by atoms with Gasteiger partial charge in [-0.15, -0.1) is 0 Å². The number of aryl methyl sites for hydroxylation is 1. The molecule has 198 valence electrons. The molecule has 0 saturated carbocycles. The number of carbonyl (C=O) groups is 3. The highest BCUT2D eigenvalue weighted by atomic mass is 16.6. The summed E-state index contributed by atoms with van der Waals surface area (Å²) < 4.78 is 9.86. The second-order valence-corrected chi connectivity index (χ2v) is 11.0. The van der Waals surface area contributed by atoms with Crippen LogP contribution in [-0.2, 0) is 11.3 Å². The molecule has 0 bridgehead atoms. The Morgan fingerprint density at radius 1 is 0.974 bits per heavy atom. The van der Waals surface area contributed by atoms with Gasteiger partial charge in [0.2, 0.25) is 0 Å². The molecule has 2 aromatic heterocycles. The molecule has 1 saturated heterocycles. The van der Waals surface area contributed by atoms with E-state index in [2.05, 4.69) is 19.1 Å². The maximum Gasteiger partial charge on any atom is 0.410 e. The number of hydrogen-bond acceptors (Lipinski definition) is 6. The van der Waals surface area contributed by atoms with Crippen LogP contribution in [0.5, 0.6) is 0 Å². The van der Waals surface area contributed by atoms with Gasteiger partial charge in [-0.25, -0.2) is 14.8 Å². The molecule has 1 atom stereocenters. The zero-order valence-electron chi connectivity index (χ0n) is 22.0. The number of fused-ring (bicyclic) bond motifs is 2. The Balaban J connectivity index is 1.41. The highest BCUT2D eigenvalue weighted by Gasteiger charge is 2.32. The van der Waals surface area contributed by atoms with Crippen molar-refractivity contribution in [3.63, 3.8) is 0 Å². The van der Waals surface area contributed by atoms with Crippen molar-refractivity contribution in [2.24, 2.45) is 5.92 Å². The average molecular weight is 516 g/mol. The Kier molecular flexibility index (Phi) is 7.01. The number of ether oxygens (including phenoxy) is 1. The van der Waals surface area contributed by atoms with Crippen LogP contribution in [0.15, 0.2) is 49.1 Å². The Morgan fingerprint density at radius 2 is 1.58 bits per heavy atom. The van der Waals surface area contributed by atoms with E-state index in [9.17, 15) is 14.4 Å². The van der Waals surface area contributed by atoms with Gasteiger partial charge in [0, 0.05) is 36.8 Å². The Hall–Kier alpha value is -4.01. The lowest BCUT2D eigenvalue weighted by atomic mass is 9.87. The van der Waals surface area contributed by atoms with Crippen molar-refractivity contribution in [1.29, 1.82) is 0 Å². The number of carbonyl (C=O) groups excluding carboxylic acids is 3. The van der Waals surface area contributed by atoms with Crippen molar-refractivity contribution < 1.29 is 19.1 Å².